The molecule has 0 heterocycles. The molecule has 1 aromatic carbocycles. The van der Waals surface area contributed by atoms with Crippen LogP contribution in [-0.2, 0) is 6.42 Å². The Morgan fingerprint density at radius 2 is 1.90 bits per heavy atom. The average Bonchev–Trinajstić information content (AvgIpc) is 3.09. The number of benzene rings is 1. The minimum absolute atomic E-state index is 0.00988. The van der Waals surface area contributed by atoms with Gasteiger partial charge in [-0.15, -0.1) is 0 Å². The molecule has 5 nitrogen and oxygen atoms in total. The molecule has 166 valence electrons. The van der Waals surface area contributed by atoms with Gasteiger partial charge in [0.1, 0.15) is 11.7 Å². The van der Waals surface area contributed by atoms with E-state index in [1.54, 1.807) is 0 Å². The third-order valence-corrected chi connectivity index (χ3v) is 8.39. The van der Waals surface area contributed by atoms with Crippen LogP contribution in [0, 0.1) is 23.7 Å². The van der Waals surface area contributed by atoms with E-state index in [0.717, 1.165) is 6.42 Å². The van der Waals surface area contributed by atoms with Gasteiger partial charge in [0.2, 0.25) is 0 Å². The van der Waals surface area contributed by atoms with Crippen molar-refractivity contribution < 1.29 is 25.5 Å². The molecule has 30 heavy (non-hydrogen) atoms. The number of fused-ring (bicyclic) bond motifs is 2. The first-order valence-corrected chi connectivity index (χ1v) is 11.1. The highest BCUT2D eigenvalue weighted by Gasteiger charge is 2.60. The van der Waals surface area contributed by atoms with Crippen molar-refractivity contribution in [2.45, 2.75) is 83.7 Å². The van der Waals surface area contributed by atoms with Crippen molar-refractivity contribution in [1.82, 2.24) is 0 Å². The molecule has 3 aliphatic carbocycles. The van der Waals surface area contributed by atoms with E-state index in [4.69, 9.17) is 0 Å². The van der Waals surface area contributed by atoms with Crippen molar-refractivity contribution in [1.29, 1.82) is 0 Å². The molecule has 1 aromatic rings. The van der Waals surface area contributed by atoms with E-state index in [9.17, 15) is 25.5 Å². The first-order valence-electron chi connectivity index (χ1n) is 11.1. The molecule has 0 radical (unpaired) electrons. The predicted molar refractivity (Wildman–Crippen MR) is 116 cm³/mol. The molecule has 0 aromatic heterocycles. The van der Waals surface area contributed by atoms with Crippen molar-refractivity contribution in [3.05, 3.63) is 40.5 Å². The van der Waals surface area contributed by atoms with Gasteiger partial charge in [-0.05, 0) is 72.3 Å². The number of hydrogen-bond acceptors (Lipinski definition) is 5. The molecular formula is C25H36O5. The molecule has 0 amide bonds. The molecule has 0 spiro atoms. The van der Waals surface area contributed by atoms with Crippen molar-refractivity contribution in [2.75, 3.05) is 6.61 Å². The Morgan fingerprint density at radius 3 is 2.53 bits per heavy atom. The summed E-state index contributed by atoms with van der Waals surface area (Å²) in [4.78, 5) is 0. The van der Waals surface area contributed by atoms with E-state index >= 15 is 0 Å². The molecular weight excluding hydrogens is 380 g/mol. The summed E-state index contributed by atoms with van der Waals surface area (Å²) in [6.07, 6.45) is 0.690. The maximum Gasteiger partial charge on any atom is 0.113 e. The summed E-state index contributed by atoms with van der Waals surface area (Å²) in [6, 6.07) is 4.35. The molecule has 5 N–H and O–H groups in total. The van der Waals surface area contributed by atoms with Gasteiger partial charge in [-0.1, -0.05) is 39.0 Å². The minimum atomic E-state index is -1.80. The highest BCUT2D eigenvalue weighted by atomic mass is 16.4. The number of aryl methyl sites for hydroxylation is 1. The van der Waals surface area contributed by atoms with Gasteiger partial charge in [-0.2, -0.15) is 0 Å². The van der Waals surface area contributed by atoms with Gasteiger partial charge < -0.3 is 25.5 Å². The monoisotopic (exact) mass is 416 g/mol. The Hall–Kier alpha value is -1.24. The maximum atomic E-state index is 11.2. The predicted octanol–water partition coefficient (Wildman–Crippen LogP) is 2.30. The van der Waals surface area contributed by atoms with Crippen LogP contribution in [0.4, 0.5) is 0 Å². The number of allylic oxidation sites excluding steroid dienone is 2. The van der Waals surface area contributed by atoms with E-state index in [1.165, 1.54) is 34.8 Å². The number of hydrogen-bond donors (Lipinski definition) is 5. The molecule has 8 unspecified atom stereocenters. The molecule has 8 atom stereocenters. The normalized spacial score (nSPS) is 38.5. The van der Waals surface area contributed by atoms with Crippen LogP contribution in [0.1, 0.15) is 68.7 Å². The lowest BCUT2D eigenvalue weighted by Crippen LogP contribution is -2.52. The van der Waals surface area contributed by atoms with Crippen molar-refractivity contribution in [2.24, 2.45) is 16.7 Å². The molecule has 0 aliphatic heterocycles. The third-order valence-electron chi connectivity index (χ3n) is 8.39. The van der Waals surface area contributed by atoms with E-state index < -0.39 is 35.9 Å². The number of rotatable bonds is 5. The second-order valence-corrected chi connectivity index (χ2v) is 10.9. The Balaban J connectivity index is 1.79. The van der Waals surface area contributed by atoms with Gasteiger partial charge in [0, 0.05) is 11.3 Å². The Kier molecular flexibility index (Phi) is 5.04. The molecule has 0 saturated heterocycles. The lowest BCUT2D eigenvalue weighted by Gasteiger charge is -2.45. The van der Waals surface area contributed by atoms with Gasteiger partial charge in [0.05, 0.1) is 18.8 Å². The van der Waals surface area contributed by atoms with Gasteiger partial charge in [-0.3, -0.25) is 0 Å². The van der Waals surface area contributed by atoms with Crippen LogP contribution in [0.2, 0.25) is 0 Å². The smallest absolute Gasteiger partial charge is 0.113 e. The second kappa shape index (κ2) is 6.88. The Bertz CT molecular complexity index is 890. The lowest BCUT2D eigenvalue weighted by atomic mass is 9.60. The van der Waals surface area contributed by atoms with Gasteiger partial charge in [-0.25, -0.2) is 0 Å². The van der Waals surface area contributed by atoms with Crippen molar-refractivity contribution >= 4 is 5.57 Å². The fourth-order valence-corrected chi connectivity index (χ4v) is 6.74. The third kappa shape index (κ3) is 2.94. The van der Waals surface area contributed by atoms with Crippen molar-refractivity contribution in [3.63, 3.8) is 0 Å². The van der Waals surface area contributed by atoms with Crippen LogP contribution in [0.3, 0.4) is 0 Å². The highest BCUT2D eigenvalue weighted by molar-refractivity contribution is 5.81. The molecule has 4 rings (SSSR count). The summed E-state index contributed by atoms with van der Waals surface area (Å²) in [5.74, 6) is 0.443. The van der Waals surface area contributed by atoms with Gasteiger partial charge >= 0.3 is 0 Å². The summed E-state index contributed by atoms with van der Waals surface area (Å²) in [7, 11) is 0. The van der Waals surface area contributed by atoms with E-state index in [2.05, 4.69) is 39.0 Å². The fourth-order valence-electron chi connectivity index (χ4n) is 6.74. The standard InChI is InChI=1S/C25H36O5/c1-13-6-7-15-20-16(13)8-14(2)17(20)9-23(3)11-19(28)24(4,21(15)23)10-18(27)22(29)25(5,30)12-26/h6-7,9,14,18-19,21-22,26-30H,8,10-12H2,1-5H3. The Morgan fingerprint density at radius 1 is 1.23 bits per heavy atom. The summed E-state index contributed by atoms with van der Waals surface area (Å²) in [6.45, 7) is 9.25. The molecule has 5 heteroatoms. The van der Waals surface area contributed by atoms with Crippen molar-refractivity contribution in [3.8, 4) is 0 Å². The van der Waals surface area contributed by atoms with E-state index in [0.29, 0.717) is 12.3 Å². The Labute approximate surface area is 179 Å². The van der Waals surface area contributed by atoms with Crippen LogP contribution in [0.25, 0.3) is 5.57 Å². The largest absolute Gasteiger partial charge is 0.393 e. The van der Waals surface area contributed by atoms with Crippen LogP contribution in [0.5, 0.6) is 0 Å². The SMILES string of the molecule is Cc1ccc2c3c1CC(C)C3=CC1(C)CC(O)C(C)(CC(O)C(O)C(C)(O)CO)C21. The zero-order chi connectivity index (χ0) is 22.2. The quantitative estimate of drug-likeness (QED) is 0.507. The first kappa shape index (κ1) is 22.0. The summed E-state index contributed by atoms with van der Waals surface area (Å²) in [5, 5.41) is 52.1. The molecule has 3 aliphatic rings. The minimum Gasteiger partial charge on any atom is -0.393 e. The van der Waals surface area contributed by atoms with Gasteiger partial charge in [0.25, 0.3) is 0 Å². The van der Waals surface area contributed by atoms with E-state index in [-0.39, 0.29) is 17.8 Å². The maximum absolute atomic E-state index is 11.2. The van der Waals surface area contributed by atoms with E-state index in [1.807, 2.05) is 6.92 Å². The molecule has 1 fully saturated rings. The summed E-state index contributed by atoms with van der Waals surface area (Å²) < 4.78 is 0. The zero-order valence-corrected chi connectivity index (χ0v) is 18.7. The average molecular weight is 417 g/mol. The van der Waals surface area contributed by atoms with Gasteiger partial charge in [0.15, 0.2) is 0 Å². The number of aliphatic hydroxyl groups is 5. The van der Waals surface area contributed by atoms with Crippen LogP contribution < -0.4 is 0 Å². The second-order valence-electron chi connectivity index (χ2n) is 10.9. The van der Waals surface area contributed by atoms with Crippen LogP contribution in [-0.4, -0.2) is 56.1 Å². The zero-order valence-electron chi connectivity index (χ0n) is 18.7. The topological polar surface area (TPSA) is 101 Å². The first-order chi connectivity index (χ1) is 13.9. The lowest BCUT2D eigenvalue weighted by molar-refractivity contribution is -0.147. The van der Waals surface area contributed by atoms with Crippen LogP contribution >= 0.6 is 0 Å². The van der Waals surface area contributed by atoms with Crippen LogP contribution in [0.15, 0.2) is 18.2 Å². The molecule has 1 saturated carbocycles. The summed E-state index contributed by atoms with van der Waals surface area (Å²) in [5.41, 5.74) is 3.88. The fraction of sp³-hybridized carbons (Fsp3) is 0.680. The number of aliphatic hydroxyl groups excluding tert-OH is 4. The summed E-state index contributed by atoms with van der Waals surface area (Å²) >= 11 is 0. The highest BCUT2D eigenvalue weighted by Crippen LogP contribution is 2.67. The molecule has 0 bridgehead atoms.